The minimum absolute atomic E-state index is 0.0568. The van der Waals surface area contributed by atoms with Gasteiger partial charge in [0.2, 0.25) is 0 Å². The summed E-state index contributed by atoms with van der Waals surface area (Å²) in [6.07, 6.45) is 5.37. The molecular weight excluding hydrogens is 430 g/mol. The minimum atomic E-state index is -3.09. The molecule has 0 spiro atoms. The van der Waals surface area contributed by atoms with E-state index in [1.807, 2.05) is 23.6 Å². The Bertz CT molecular complexity index is 1400. The van der Waals surface area contributed by atoms with Crippen molar-refractivity contribution in [1.82, 2.24) is 24.8 Å². The summed E-state index contributed by atoms with van der Waals surface area (Å²) in [6.45, 7) is 2.13. The van der Waals surface area contributed by atoms with Crippen LogP contribution in [0.2, 0.25) is 0 Å². The van der Waals surface area contributed by atoms with Crippen molar-refractivity contribution in [2.24, 2.45) is 0 Å². The summed E-state index contributed by atoms with van der Waals surface area (Å²) in [6, 6.07) is 8.73. The van der Waals surface area contributed by atoms with Gasteiger partial charge in [-0.05, 0) is 49.2 Å². The predicted molar refractivity (Wildman–Crippen MR) is 118 cm³/mol. The van der Waals surface area contributed by atoms with Crippen molar-refractivity contribution in [3.8, 4) is 11.5 Å². The summed E-state index contributed by atoms with van der Waals surface area (Å²) in [7, 11) is -3.09. The molecule has 9 nitrogen and oxygen atoms in total. The molecule has 1 unspecified atom stereocenters. The normalized spacial score (nSPS) is 17.6. The van der Waals surface area contributed by atoms with Crippen LogP contribution in [0.3, 0.4) is 0 Å². The summed E-state index contributed by atoms with van der Waals surface area (Å²) in [5.41, 5.74) is 2.67. The maximum atomic E-state index is 13.1. The molecule has 0 aliphatic carbocycles. The lowest BCUT2D eigenvalue weighted by Crippen LogP contribution is -2.24. The third-order valence-electron chi connectivity index (χ3n) is 5.62. The van der Waals surface area contributed by atoms with E-state index in [0.717, 1.165) is 5.56 Å². The third-order valence-corrected chi connectivity index (χ3v) is 7.37. The number of sulfone groups is 1. The van der Waals surface area contributed by atoms with Gasteiger partial charge in [-0.1, -0.05) is 0 Å². The molecule has 1 aliphatic heterocycles. The van der Waals surface area contributed by atoms with Gasteiger partial charge in [-0.2, -0.15) is 0 Å². The van der Waals surface area contributed by atoms with Crippen LogP contribution in [0.4, 0.5) is 0 Å². The minimum Gasteiger partial charge on any atom is -0.463 e. The van der Waals surface area contributed by atoms with E-state index in [0.29, 0.717) is 41.3 Å². The number of imidazole rings is 1. The summed E-state index contributed by atoms with van der Waals surface area (Å²) in [5, 5.41) is 2.89. The van der Waals surface area contributed by atoms with E-state index in [9.17, 15) is 13.2 Å². The largest absolute Gasteiger partial charge is 0.463 e. The zero-order valence-electron chi connectivity index (χ0n) is 17.4. The molecule has 1 amide bonds. The van der Waals surface area contributed by atoms with Crippen LogP contribution in [0.5, 0.6) is 0 Å². The van der Waals surface area contributed by atoms with E-state index in [4.69, 9.17) is 4.42 Å². The molecule has 1 atom stereocenters. The third kappa shape index (κ3) is 3.77. The van der Waals surface area contributed by atoms with Crippen molar-refractivity contribution in [1.29, 1.82) is 0 Å². The molecule has 4 aromatic rings. The van der Waals surface area contributed by atoms with Gasteiger partial charge >= 0.3 is 0 Å². The molecule has 5 heterocycles. The molecule has 1 saturated heterocycles. The van der Waals surface area contributed by atoms with Gasteiger partial charge in [0.1, 0.15) is 17.0 Å². The highest BCUT2D eigenvalue weighted by Gasteiger charge is 2.32. The first-order chi connectivity index (χ1) is 15.4. The predicted octanol–water partition coefficient (Wildman–Crippen LogP) is 2.68. The standard InChI is InChI=1S/C22H21N5O4S/c1-14-25-20-18(27(14)16-6-10-32(29,30)13-16)11-17(19-3-2-9-31-19)26-21(20)22(28)24-12-15-4-7-23-8-5-15/h2-5,7-9,11,16H,6,10,12-13H2,1H3,(H,24,28). The van der Waals surface area contributed by atoms with Crippen molar-refractivity contribution in [3.05, 3.63) is 66.1 Å². The van der Waals surface area contributed by atoms with E-state index < -0.39 is 9.84 Å². The number of hydrogen-bond donors (Lipinski definition) is 1. The monoisotopic (exact) mass is 451 g/mol. The Balaban J connectivity index is 1.60. The molecular formula is C22H21N5O4S. The molecule has 0 aromatic carbocycles. The van der Waals surface area contributed by atoms with E-state index in [2.05, 4.69) is 20.3 Å². The first kappa shape index (κ1) is 20.4. The average Bonchev–Trinajstić information content (AvgIpc) is 3.50. The number of rotatable bonds is 5. The Labute approximate surface area is 184 Å². The number of aryl methyl sites for hydroxylation is 1. The molecule has 5 rings (SSSR count). The topological polar surface area (TPSA) is 120 Å². The van der Waals surface area contributed by atoms with Crippen LogP contribution in [-0.4, -0.2) is 45.3 Å². The van der Waals surface area contributed by atoms with Crippen LogP contribution < -0.4 is 5.32 Å². The highest BCUT2D eigenvalue weighted by atomic mass is 32.2. The van der Waals surface area contributed by atoms with Crippen LogP contribution >= 0.6 is 0 Å². The quantitative estimate of drug-likeness (QED) is 0.495. The molecule has 0 saturated carbocycles. The molecule has 32 heavy (non-hydrogen) atoms. The SMILES string of the molecule is Cc1nc2c(C(=O)NCc3ccncc3)nc(-c3ccco3)cc2n1C1CCS(=O)(=O)C1. The van der Waals surface area contributed by atoms with Crippen molar-refractivity contribution < 1.29 is 17.6 Å². The number of nitrogens with one attached hydrogen (secondary N) is 1. The Morgan fingerprint density at radius 2 is 2.06 bits per heavy atom. The average molecular weight is 452 g/mol. The van der Waals surface area contributed by atoms with Gasteiger partial charge in [-0.3, -0.25) is 9.78 Å². The van der Waals surface area contributed by atoms with Gasteiger partial charge in [-0.15, -0.1) is 0 Å². The molecule has 1 fully saturated rings. The molecule has 4 aromatic heterocycles. The first-order valence-corrected chi connectivity index (χ1v) is 12.0. The maximum Gasteiger partial charge on any atom is 0.272 e. The fraction of sp³-hybridized carbons (Fsp3) is 0.273. The van der Waals surface area contributed by atoms with Gasteiger partial charge < -0.3 is 14.3 Å². The van der Waals surface area contributed by atoms with Crippen molar-refractivity contribution in [3.63, 3.8) is 0 Å². The number of carbonyl (C=O) groups excluding carboxylic acids is 1. The Morgan fingerprint density at radius 1 is 1.25 bits per heavy atom. The number of nitrogens with zero attached hydrogens (tertiary/aromatic N) is 4. The van der Waals surface area contributed by atoms with E-state index in [1.165, 1.54) is 6.26 Å². The number of furan rings is 1. The van der Waals surface area contributed by atoms with Crippen LogP contribution in [0, 0.1) is 6.92 Å². The Morgan fingerprint density at radius 3 is 2.75 bits per heavy atom. The summed E-state index contributed by atoms with van der Waals surface area (Å²) in [5.74, 6) is 0.986. The van der Waals surface area contributed by atoms with Crippen LogP contribution in [-0.2, 0) is 16.4 Å². The number of hydrogen-bond acceptors (Lipinski definition) is 7. The fourth-order valence-corrected chi connectivity index (χ4v) is 5.82. The lowest BCUT2D eigenvalue weighted by molar-refractivity contribution is 0.0947. The van der Waals surface area contributed by atoms with E-state index >= 15 is 0 Å². The van der Waals surface area contributed by atoms with Crippen LogP contribution in [0.1, 0.15) is 34.3 Å². The lowest BCUT2D eigenvalue weighted by Gasteiger charge is -2.14. The molecule has 1 N–H and O–H groups in total. The smallest absolute Gasteiger partial charge is 0.272 e. The highest BCUT2D eigenvalue weighted by Crippen LogP contribution is 2.32. The highest BCUT2D eigenvalue weighted by molar-refractivity contribution is 7.91. The van der Waals surface area contributed by atoms with Crippen molar-refractivity contribution in [2.75, 3.05) is 11.5 Å². The fourth-order valence-electron chi connectivity index (χ4n) is 4.12. The van der Waals surface area contributed by atoms with Crippen molar-refractivity contribution in [2.45, 2.75) is 25.9 Å². The van der Waals surface area contributed by atoms with E-state index in [-0.39, 0.29) is 29.1 Å². The Kier molecular flexibility index (Phi) is 5.01. The zero-order chi connectivity index (χ0) is 22.3. The van der Waals surface area contributed by atoms with Gasteiger partial charge in [-0.25, -0.2) is 18.4 Å². The zero-order valence-corrected chi connectivity index (χ0v) is 18.2. The number of carbonyl (C=O) groups is 1. The van der Waals surface area contributed by atoms with Gasteiger partial charge in [0, 0.05) is 18.9 Å². The number of amides is 1. The molecule has 0 bridgehead atoms. The molecule has 164 valence electrons. The van der Waals surface area contributed by atoms with Gasteiger partial charge in [0.25, 0.3) is 5.91 Å². The van der Waals surface area contributed by atoms with E-state index in [1.54, 1.807) is 30.6 Å². The second kappa shape index (κ2) is 7.86. The van der Waals surface area contributed by atoms with Gasteiger partial charge in [0.15, 0.2) is 21.3 Å². The Hall–Kier alpha value is -3.53. The number of pyridine rings is 2. The van der Waals surface area contributed by atoms with Crippen LogP contribution in [0.15, 0.2) is 53.4 Å². The second-order valence-corrected chi connectivity index (χ2v) is 10.1. The summed E-state index contributed by atoms with van der Waals surface area (Å²) < 4.78 is 31.6. The first-order valence-electron chi connectivity index (χ1n) is 10.2. The molecule has 1 aliphatic rings. The lowest BCUT2D eigenvalue weighted by atomic mass is 10.2. The number of aromatic nitrogens is 4. The van der Waals surface area contributed by atoms with Gasteiger partial charge in [0.05, 0.1) is 29.3 Å². The van der Waals surface area contributed by atoms with Crippen molar-refractivity contribution >= 4 is 26.8 Å². The summed E-state index contributed by atoms with van der Waals surface area (Å²) >= 11 is 0. The maximum absolute atomic E-state index is 13.1. The second-order valence-electron chi connectivity index (χ2n) is 7.83. The summed E-state index contributed by atoms with van der Waals surface area (Å²) in [4.78, 5) is 26.3. The molecule has 0 radical (unpaired) electrons. The number of fused-ring (bicyclic) bond motifs is 1. The van der Waals surface area contributed by atoms with Crippen LogP contribution in [0.25, 0.3) is 22.5 Å². The molecule has 10 heteroatoms.